The number of ether oxygens (including phenoxy) is 2. The molecule has 2 atom stereocenters. The van der Waals surface area contributed by atoms with Gasteiger partial charge in [-0.25, -0.2) is 0 Å². The molecule has 3 rings (SSSR count). The van der Waals surface area contributed by atoms with E-state index in [9.17, 15) is 0 Å². The lowest BCUT2D eigenvalue weighted by Crippen LogP contribution is -2.20. The lowest BCUT2D eigenvalue weighted by Gasteiger charge is -2.24. The van der Waals surface area contributed by atoms with Crippen LogP contribution >= 0.6 is 0 Å². The summed E-state index contributed by atoms with van der Waals surface area (Å²) in [4.78, 5) is 0. The van der Waals surface area contributed by atoms with E-state index in [1.807, 2.05) is 0 Å². The molecule has 1 aliphatic carbocycles. The van der Waals surface area contributed by atoms with E-state index < -0.39 is 0 Å². The van der Waals surface area contributed by atoms with Crippen LogP contribution in [0.25, 0.3) is 0 Å². The minimum Gasteiger partial charge on any atom is -0.381 e. The van der Waals surface area contributed by atoms with E-state index in [0.29, 0.717) is 0 Å². The summed E-state index contributed by atoms with van der Waals surface area (Å²) < 4.78 is 11.0. The number of rotatable bonds is 0. The molecular formula is C10H14O2. The molecule has 0 aromatic carbocycles. The summed E-state index contributed by atoms with van der Waals surface area (Å²) in [5.74, 6) is 1.53. The average molecular weight is 166 g/mol. The molecule has 0 aromatic rings. The quantitative estimate of drug-likeness (QED) is 0.506. The van der Waals surface area contributed by atoms with Gasteiger partial charge in [-0.2, -0.15) is 0 Å². The fraction of sp³-hybridized carbons (Fsp3) is 0.800. The van der Waals surface area contributed by atoms with E-state index in [4.69, 9.17) is 9.47 Å². The Kier molecular flexibility index (Phi) is 1.52. The molecule has 0 N–H and O–H groups in total. The van der Waals surface area contributed by atoms with Crippen LogP contribution in [0.3, 0.4) is 0 Å². The largest absolute Gasteiger partial charge is 0.381 e. The van der Waals surface area contributed by atoms with Crippen molar-refractivity contribution in [3.63, 3.8) is 0 Å². The average Bonchev–Trinajstić information content (AvgIpc) is 2.71. The van der Waals surface area contributed by atoms with Crippen molar-refractivity contribution in [3.05, 3.63) is 11.1 Å². The summed E-state index contributed by atoms with van der Waals surface area (Å²) in [6.45, 7) is 3.73. The number of fused-ring (bicyclic) bond motifs is 2. The predicted molar refractivity (Wildman–Crippen MR) is 44.9 cm³/mol. The maximum atomic E-state index is 5.51. The first kappa shape index (κ1) is 7.10. The Labute approximate surface area is 72.5 Å². The molecule has 2 heterocycles. The van der Waals surface area contributed by atoms with E-state index >= 15 is 0 Å². The third-order valence-corrected chi connectivity index (χ3v) is 3.45. The van der Waals surface area contributed by atoms with Gasteiger partial charge in [0, 0.05) is 5.92 Å². The summed E-state index contributed by atoms with van der Waals surface area (Å²) in [5.41, 5.74) is 3.17. The van der Waals surface area contributed by atoms with Gasteiger partial charge in [0.1, 0.15) is 0 Å². The van der Waals surface area contributed by atoms with Gasteiger partial charge in [0.2, 0.25) is 0 Å². The van der Waals surface area contributed by atoms with Crippen molar-refractivity contribution in [2.24, 2.45) is 11.8 Å². The monoisotopic (exact) mass is 166 g/mol. The van der Waals surface area contributed by atoms with Crippen LogP contribution in [0.2, 0.25) is 0 Å². The maximum Gasteiger partial charge on any atom is 0.0688 e. The van der Waals surface area contributed by atoms with Crippen LogP contribution in [-0.2, 0) is 9.47 Å². The molecule has 2 nitrogen and oxygen atoms in total. The first-order chi connectivity index (χ1) is 5.95. The van der Waals surface area contributed by atoms with Crippen LogP contribution in [0.1, 0.15) is 12.8 Å². The predicted octanol–water partition coefficient (Wildman–Crippen LogP) is 1.37. The van der Waals surface area contributed by atoms with Crippen LogP contribution in [0, 0.1) is 11.8 Å². The van der Waals surface area contributed by atoms with Crippen molar-refractivity contribution in [2.75, 3.05) is 26.4 Å². The SMILES string of the molecule is C1C[C@@H]2COCC2C2=C1COC2. The highest BCUT2D eigenvalue weighted by atomic mass is 16.5. The fourth-order valence-electron chi connectivity index (χ4n) is 2.71. The molecule has 1 fully saturated rings. The Hall–Kier alpha value is -0.340. The van der Waals surface area contributed by atoms with Gasteiger partial charge in [-0.1, -0.05) is 0 Å². The summed E-state index contributed by atoms with van der Waals surface area (Å²) in [6, 6.07) is 0. The van der Waals surface area contributed by atoms with Crippen LogP contribution in [0.4, 0.5) is 0 Å². The van der Waals surface area contributed by atoms with Gasteiger partial charge in [-0.3, -0.25) is 0 Å². The summed E-state index contributed by atoms with van der Waals surface area (Å²) in [6.07, 6.45) is 2.59. The topological polar surface area (TPSA) is 18.5 Å². The normalized spacial score (nSPS) is 40.0. The van der Waals surface area contributed by atoms with Crippen molar-refractivity contribution in [1.82, 2.24) is 0 Å². The van der Waals surface area contributed by atoms with E-state index in [-0.39, 0.29) is 0 Å². The van der Waals surface area contributed by atoms with Crippen LogP contribution in [0.15, 0.2) is 11.1 Å². The second-order valence-corrected chi connectivity index (χ2v) is 4.06. The van der Waals surface area contributed by atoms with Gasteiger partial charge in [0.25, 0.3) is 0 Å². The standard InChI is InChI=1S/C10H14O2/c1-2-8-4-12-6-10(8)9-5-11-3-7(1)9/h7,9H,1-6H2/t7-,9?/m1/s1. The summed E-state index contributed by atoms with van der Waals surface area (Å²) in [5, 5.41) is 0. The number of hydrogen-bond donors (Lipinski definition) is 0. The van der Waals surface area contributed by atoms with E-state index in [1.54, 1.807) is 11.1 Å². The fourth-order valence-corrected chi connectivity index (χ4v) is 2.71. The highest BCUT2D eigenvalue weighted by Gasteiger charge is 2.37. The molecule has 2 aliphatic heterocycles. The molecule has 0 spiro atoms. The zero-order valence-corrected chi connectivity index (χ0v) is 7.21. The van der Waals surface area contributed by atoms with Crippen molar-refractivity contribution in [3.8, 4) is 0 Å². The molecule has 66 valence electrons. The second-order valence-electron chi connectivity index (χ2n) is 4.06. The van der Waals surface area contributed by atoms with Crippen molar-refractivity contribution < 1.29 is 9.47 Å². The summed E-state index contributed by atoms with van der Waals surface area (Å²) >= 11 is 0. The van der Waals surface area contributed by atoms with E-state index in [1.165, 1.54) is 12.8 Å². The molecule has 0 saturated carbocycles. The zero-order chi connectivity index (χ0) is 7.97. The molecule has 3 aliphatic rings. The smallest absolute Gasteiger partial charge is 0.0688 e. The van der Waals surface area contributed by atoms with Crippen LogP contribution < -0.4 is 0 Å². The molecule has 0 bridgehead atoms. The second kappa shape index (κ2) is 2.57. The molecule has 0 aromatic heterocycles. The summed E-state index contributed by atoms with van der Waals surface area (Å²) in [7, 11) is 0. The molecule has 0 radical (unpaired) electrons. The first-order valence-corrected chi connectivity index (χ1v) is 4.81. The first-order valence-electron chi connectivity index (χ1n) is 4.81. The van der Waals surface area contributed by atoms with Gasteiger partial charge in [0.05, 0.1) is 26.4 Å². The third-order valence-electron chi connectivity index (χ3n) is 3.45. The van der Waals surface area contributed by atoms with Crippen LogP contribution in [-0.4, -0.2) is 26.4 Å². The molecule has 0 amide bonds. The lowest BCUT2D eigenvalue weighted by atomic mass is 9.78. The Morgan fingerprint density at radius 2 is 2.08 bits per heavy atom. The highest BCUT2D eigenvalue weighted by molar-refractivity contribution is 5.26. The minimum absolute atomic E-state index is 0.719. The van der Waals surface area contributed by atoms with Crippen LogP contribution in [0.5, 0.6) is 0 Å². The maximum absolute atomic E-state index is 5.51. The van der Waals surface area contributed by atoms with Gasteiger partial charge in [-0.15, -0.1) is 0 Å². The van der Waals surface area contributed by atoms with Gasteiger partial charge in [-0.05, 0) is 29.9 Å². The zero-order valence-electron chi connectivity index (χ0n) is 7.21. The molecule has 2 heteroatoms. The van der Waals surface area contributed by atoms with Crippen molar-refractivity contribution in [1.29, 1.82) is 0 Å². The Balaban J connectivity index is 1.93. The van der Waals surface area contributed by atoms with E-state index in [0.717, 1.165) is 38.3 Å². The van der Waals surface area contributed by atoms with Crippen molar-refractivity contribution in [2.45, 2.75) is 12.8 Å². The van der Waals surface area contributed by atoms with E-state index in [2.05, 4.69) is 0 Å². The van der Waals surface area contributed by atoms with Gasteiger partial charge >= 0.3 is 0 Å². The molecule has 1 saturated heterocycles. The Morgan fingerprint density at radius 3 is 3.08 bits per heavy atom. The van der Waals surface area contributed by atoms with Gasteiger partial charge < -0.3 is 9.47 Å². The third kappa shape index (κ3) is 0.882. The highest BCUT2D eigenvalue weighted by Crippen LogP contribution is 2.41. The Bertz CT molecular complexity index is 232. The molecular weight excluding hydrogens is 152 g/mol. The molecule has 12 heavy (non-hydrogen) atoms. The van der Waals surface area contributed by atoms with Gasteiger partial charge in [0.15, 0.2) is 0 Å². The minimum atomic E-state index is 0.719. The molecule has 1 unspecified atom stereocenters. The number of hydrogen-bond acceptors (Lipinski definition) is 2. The Morgan fingerprint density at radius 1 is 1.08 bits per heavy atom. The van der Waals surface area contributed by atoms with Crippen molar-refractivity contribution >= 4 is 0 Å². The lowest BCUT2D eigenvalue weighted by molar-refractivity contribution is 0.176.